The Morgan fingerprint density at radius 1 is 1.50 bits per heavy atom. The Bertz CT molecular complexity index is 498. The number of hydrogen-bond acceptors (Lipinski definition) is 3. The van der Waals surface area contributed by atoms with E-state index in [0.29, 0.717) is 16.1 Å². The molecule has 6 heteroatoms. The van der Waals surface area contributed by atoms with Crippen molar-refractivity contribution in [2.45, 2.75) is 26.3 Å². The van der Waals surface area contributed by atoms with Crippen LogP contribution in [0.4, 0.5) is 0 Å². The van der Waals surface area contributed by atoms with Gasteiger partial charge in [0.15, 0.2) is 5.84 Å². The van der Waals surface area contributed by atoms with E-state index in [-0.39, 0.29) is 11.7 Å². The van der Waals surface area contributed by atoms with Gasteiger partial charge in [-0.3, -0.25) is 4.79 Å². The van der Waals surface area contributed by atoms with Gasteiger partial charge < -0.3 is 16.3 Å². The highest BCUT2D eigenvalue weighted by Crippen LogP contribution is 2.19. The molecule has 1 rings (SSSR count). The van der Waals surface area contributed by atoms with Crippen LogP contribution in [0.3, 0.4) is 0 Å². The largest absolute Gasteiger partial charge is 0.409 e. The molecule has 0 radical (unpaired) electrons. The Morgan fingerprint density at radius 3 is 2.67 bits per heavy atom. The first-order valence-electron chi connectivity index (χ1n) is 5.35. The number of carbonyl (C=O) groups excluding carboxylic acids is 1. The maximum atomic E-state index is 12.1. The van der Waals surface area contributed by atoms with Gasteiger partial charge in [0.25, 0.3) is 5.91 Å². The van der Waals surface area contributed by atoms with Crippen molar-refractivity contribution in [2.24, 2.45) is 10.9 Å². The number of rotatable bonds is 3. The predicted molar refractivity (Wildman–Crippen MR) is 71.1 cm³/mol. The van der Waals surface area contributed by atoms with Crippen molar-refractivity contribution in [1.82, 2.24) is 5.32 Å². The zero-order valence-corrected chi connectivity index (χ0v) is 11.2. The van der Waals surface area contributed by atoms with E-state index in [1.807, 2.05) is 0 Å². The lowest BCUT2D eigenvalue weighted by atomic mass is 10.0. The fourth-order valence-corrected chi connectivity index (χ4v) is 1.57. The minimum Gasteiger partial charge on any atom is -0.409 e. The zero-order valence-electron chi connectivity index (χ0n) is 10.5. The molecule has 0 aliphatic rings. The lowest BCUT2D eigenvalue weighted by Gasteiger charge is -2.25. The molecule has 0 aliphatic heterocycles. The van der Waals surface area contributed by atoms with Crippen LogP contribution in [-0.4, -0.2) is 22.5 Å². The van der Waals surface area contributed by atoms with Crippen LogP contribution in [0, 0.1) is 6.92 Å². The lowest BCUT2D eigenvalue weighted by molar-refractivity contribution is 0.0930. The smallest absolute Gasteiger partial charge is 0.252 e. The van der Waals surface area contributed by atoms with E-state index in [4.69, 9.17) is 22.5 Å². The Hall–Kier alpha value is -1.75. The summed E-state index contributed by atoms with van der Waals surface area (Å²) >= 11 is 5.95. The second kappa shape index (κ2) is 5.27. The minimum atomic E-state index is -0.944. The Balaban J connectivity index is 3.00. The van der Waals surface area contributed by atoms with Crippen LogP contribution in [0.2, 0.25) is 5.02 Å². The standard InChI is InChI=1S/C12H16ClN3O2/c1-7-8(5-4-6-9(7)13)10(17)15-12(2,3)11(14)16-18/h4-6,18H,1-3H3,(H2,14,16)(H,15,17). The molecule has 1 amide bonds. The SMILES string of the molecule is Cc1c(Cl)cccc1C(=O)NC(C)(C)/C(N)=N/O. The highest BCUT2D eigenvalue weighted by Gasteiger charge is 2.26. The first kappa shape index (κ1) is 14.3. The summed E-state index contributed by atoms with van der Waals surface area (Å²) in [5.41, 5.74) is 5.71. The minimum absolute atomic E-state index is 0.0736. The van der Waals surface area contributed by atoms with E-state index in [0.717, 1.165) is 0 Å². The van der Waals surface area contributed by atoms with Crippen molar-refractivity contribution >= 4 is 23.3 Å². The molecule has 0 heterocycles. The molecular formula is C12H16ClN3O2. The lowest BCUT2D eigenvalue weighted by Crippen LogP contribution is -2.53. The average Bonchev–Trinajstić information content (AvgIpc) is 2.30. The van der Waals surface area contributed by atoms with Gasteiger partial charge in [-0.2, -0.15) is 0 Å². The summed E-state index contributed by atoms with van der Waals surface area (Å²) < 4.78 is 0. The Morgan fingerprint density at radius 2 is 2.11 bits per heavy atom. The van der Waals surface area contributed by atoms with E-state index >= 15 is 0 Å². The molecule has 1 aromatic rings. The molecule has 0 unspecified atom stereocenters. The van der Waals surface area contributed by atoms with Crippen molar-refractivity contribution in [3.63, 3.8) is 0 Å². The van der Waals surface area contributed by atoms with Gasteiger partial charge in [0, 0.05) is 10.6 Å². The number of halogens is 1. The Labute approximate surface area is 111 Å². The first-order valence-corrected chi connectivity index (χ1v) is 5.73. The van der Waals surface area contributed by atoms with Crippen molar-refractivity contribution in [2.75, 3.05) is 0 Å². The molecule has 0 atom stereocenters. The number of amides is 1. The van der Waals surface area contributed by atoms with E-state index in [1.54, 1.807) is 39.0 Å². The third-order valence-electron chi connectivity index (χ3n) is 2.69. The van der Waals surface area contributed by atoms with Crippen LogP contribution in [0.25, 0.3) is 0 Å². The average molecular weight is 270 g/mol. The van der Waals surface area contributed by atoms with Crippen molar-refractivity contribution in [1.29, 1.82) is 0 Å². The van der Waals surface area contributed by atoms with Gasteiger partial charge in [-0.05, 0) is 38.5 Å². The third kappa shape index (κ3) is 2.92. The molecule has 18 heavy (non-hydrogen) atoms. The summed E-state index contributed by atoms with van der Waals surface area (Å²) in [6.45, 7) is 5.04. The van der Waals surface area contributed by atoms with Crippen LogP contribution in [0.1, 0.15) is 29.8 Å². The summed E-state index contributed by atoms with van der Waals surface area (Å²) in [5, 5.41) is 14.7. The van der Waals surface area contributed by atoms with Gasteiger partial charge in [-0.15, -0.1) is 0 Å². The van der Waals surface area contributed by atoms with Crippen LogP contribution in [0.15, 0.2) is 23.4 Å². The number of carbonyl (C=O) groups is 1. The molecule has 0 spiro atoms. The van der Waals surface area contributed by atoms with Crippen LogP contribution in [-0.2, 0) is 0 Å². The maximum Gasteiger partial charge on any atom is 0.252 e. The summed E-state index contributed by atoms with van der Waals surface area (Å²) in [5.74, 6) is -0.401. The quantitative estimate of drug-likeness (QED) is 0.339. The number of nitrogens with two attached hydrogens (primary N) is 1. The summed E-state index contributed by atoms with van der Waals surface area (Å²) in [6, 6.07) is 5.07. The number of oxime groups is 1. The maximum absolute atomic E-state index is 12.1. The molecule has 5 nitrogen and oxygen atoms in total. The summed E-state index contributed by atoms with van der Waals surface area (Å²) in [4.78, 5) is 12.1. The van der Waals surface area contributed by atoms with Gasteiger partial charge in [0.2, 0.25) is 0 Å². The van der Waals surface area contributed by atoms with Crippen molar-refractivity contribution < 1.29 is 10.0 Å². The van der Waals surface area contributed by atoms with E-state index in [2.05, 4.69) is 10.5 Å². The molecule has 0 saturated heterocycles. The highest BCUT2D eigenvalue weighted by molar-refractivity contribution is 6.31. The van der Waals surface area contributed by atoms with E-state index < -0.39 is 5.54 Å². The summed E-state index contributed by atoms with van der Waals surface area (Å²) in [6.07, 6.45) is 0. The number of hydrogen-bond donors (Lipinski definition) is 3. The van der Waals surface area contributed by atoms with Crippen LogP contribution in [0.5, 0.6) is 0 Å². The molecule has 0 fully saturated rings. The highest BCUT2D eigenvalue weighted by atomic mass is 35.5. The number of amidine groups is 1. The number of nitrogens with one attached hydrogen (secondary N) is 1. The summed E-state index contributed by atoms with van der Waals surface area (Å²) in [7, 11) is 0. The Kier molecular flexibility index (Phi) is 4.19. The van der Waals surface area contributed by atoms with Crippen LogP contribution >= 0.6 is 11.6 Å². The van der Waals surface area contributed by atoms with Gasteiger partial charge >= 0.3 is 0 Å². The van der Waals surface area contributed by atoms with Crippen LogP contribution < -0.4 is 11.1 Å². The number of nitrogens with zero attached hydrogens (tertiary/aromatic N) is 1. The van der Waals surface area contributed by atoms with Gasteiger partial charge in [0.05, 0.1) is 5.54 Å². The van der Waals surface area contributed by atoms with Crippen molar-refractivity contribution in [3.05, 3.63) is 34.3 Å². The second-order valence-corrected chi connectivity index (χ2v) is 4.88. The monoisotopic (exact) mass is 269 g/mol. The molecule has 98 valence electrons. The normalized spacial score (nSPS) is 12.3. The molecular weight excluding hydrogens is 254 g/mol. The fraction of sp³-hybridized carbons (Fsp3) is 0.333. The molecule has 0 aromatic heterocycles. The number of benzene rings is 1. The van der Waals surface area contributed by atoms with E-state index in [9.17, 15) is 4.79 Å². The van der Waals surface area contributed by atoms with Crippen molar-refractivity contribution in [3.8, 4) is 0 Å². The van der Waals surface area contributed by atoms with Gasteiger partial charge in [-0.25, -0.2) is 0 Å². The molecule has 4 N–H and O–H groups in total. The van der Waals surface area contributed by atoms with Gasteiger partial charge in [-0.1, -0.05) is 22.8 Å². The first-order chi connectivity index (χ1) is 8.29. The predicted octanol–water partition coefficient (Wildman–Crippen LogP) is 1.90. The third-order valence-corrected chi connectivity index (χ3v) is 3.10. The zero-order chi connectivity index (χ0) is 13.9. The van der Waals surface area contributed by atoms with Gasteiger partial charge in [0.1, 0.15) is 0 Å². The topological polar surface area (TPSA) is 87.7 Å². The molecule has 0 bridgehead atoms. The molecule has 1 aromatic carbocycles. The fourth-order valence-electron chi connectivity index (χ4n) is 1.39. The second-order valence-electron chi connectivity index (χ2n) is 4.48. The molecule has 0 saturated carbocycles. The molecule has 0 aliphatic carbocycles. The van der Waals surface area contributed by atoms with E-state index in [1.165, 1.54) is 0 Å².